The number of alkyl halides is 3. The molecule has 0 saturated heterocycles. The van der Waals surface area contributed by atoms with Gasteiger partial charge in [0, 0.05) is 5.69 Å². The molecule has 2 rings (SSSR count). The first-order valence-electron chi connectivity index (χ1n) is 4.45. The van der Waals surface area contributed by atoms with Crippen molar-refractivity contribution in [3.05, 3.63) is 29.3 Å². The van der Waals surface area contributed by atoms with E-state index in [0.717, 1.165) is 18.9 Å². The highest BCUT2D eigenvalue weighted by atomic mass is 19.4. The van der Waals surface area contributed by atoms with Gasteiger partial charge in [0.05, 0.1) is 5.56 Å². The predicted molar refractivity (Wildman–Crippen MR) is 47.8 cm³/mol. The first-order chi connectivity index (χ1) is 6.48. The smallest absolute Gasteiger partial charge is 0.399 e. The van der Waals surface area contributed by atoms with Crippen LogP contribution >= 0.6 is 0 Å². The fourth-order valence-electron chi connectivity index (χ4n) is 1.57. The molecule has 2 N–H and O–H groups in total. The lowest BCUT2D eigenvalue weighted by Gasteiger charge is -2.12. The molecule has 1 fully saturated rings. The van der Waals surface area contributed by atoms with Crippen LogP contribution in [0.3, 0.4) is 0 Å². The second-order valence-corrected chi connectivity index (χ2v) is 3.62. The molecule has 0 unspecified atom stereocenters. The third kappa shape index (κ3) is 1.69. The van der Waals surface area contributed by atoms with Crippen LogP contribution in [-0.4, -0.2) is 0 Å². The highest BCUT2D eigenvalue weighted by Gasteiger charge is 2.38. The van der Waals surface area contributed by atoms with Crippen LogP contribution in [0.15, 0.2) is 18.2 Å². The first kappa shape index (κ1) is 9.37. The van der Waals surface area contributed by atoms with Crippen molar-refractivity contribution in [2.24, 2.45) is 0 Å². The Bertz CT molecular complexity index is 353. The first-order valence-corrected chi connectivity index (χ1v) is 4.45. The molecule has 76 valence electrons. The lowest BCUT2D eigenvalue weighted by Crippen LogP contribution is -2.09. The van der Waals surface area contributed by atoms with Crippen LogP contribution in [0.25, 0.3) is 0 Å². The normalized spacial score (nSPS) is 17.1. The minimum absolute atomic E-state index is 0.0900. The third-order valence-corrected chi connectivity index (χ3v) is 2.40. The second kappa shape index (κ2) is 2.90. The fraction of sp³-hybridized carbons (Fsp3) is 0.400. The maximum absolute atomic E-state index is 12.6. The molecule has 0 atom stereocenters. The second-order valence-electron chi connectivity index (χ2n) is 3.62. The average Bonchev–Trinajstić information content (AvgIpc) is 2.85. The van der Waals surface area contributed by atoms with Crippen LogP contribution in [0.2, 0.25) is 0 Å². The topological polar surface area (TPSA) is 26.0 Å². The Balaban J connectivity index is 2.48. The van der Waals surface area contributed by atoms with Gasteiger partial charge in [0.25, 0.3) is 0 Å². The van der Waals surface area contributed by atoms with Crippen LogP contribution in [0, 0.1) is 0 Å². The van der Waals surface area contributed by atoms with Gasteiger partial charge in [0.15, 0.2) is 0 Å². The maximum atomic E-state index is 12.6. The number of halogens is 3. The molecule has 0 radical (unpaired) electrons. The zero-order valence-corrected chi connectivity index (χ0v) is 7.43. The predicted octanol–water partition coefficient (Wildman–Crippen LogP) is 3.17. The molecule has 0 spiro atoms. The number of nitrogen functional groups attached to an aromatic ring is 1. The highest BCUT2D eigenvalue weighted by Crippen LogP contribution is 2.46. The van der Waals surface area contributed by atoms with E-state index in [1.165, 1.54) is 12.1 Å². The van der Waals surface area contributed by atoms with Gasteiger partial charge in [-0.25, -0.2) is 0 Å². The largest absolute Gasteiger partial charge is 0.416 e. The molecular weight excluding hydrogens is 191 g/mol. The summed E-state index contributed by atoms with van der Waals surface area (Å²) in [6, 6.07) is 4.05. The lowest BCUT2D eigenvalue weighted by molar-refractivity contribution is -0.138. The SMILES string of the molecule is Nc1ccc(C2CC2)c(C(F)(F)F)c1. The molecule has 1 saturated carbocycles. The van der Waals surface area contributed by atoms with E-state index in [0.29, 0.717) is 5.56 Å². The van der Waals surface area contributed by atoms with Crippen molar-refractivity contribution in [2.45, 2.75) is 24.9 Å². The van der Waals surface area contributed by atoms with Crippen LogP contribution in [0.4, 0.5) is 18.9 Å². The molecule has 0 aliphatic heterocycles. The molecule has 1 aromatic carbocycles. The molecule has 0 heterocycles. The van der Waals surface area contributed by atoms with E-state index in [-0.39, 0.29) is 11.6 Å². The number of benzene rings is 1. The van der Waals surface area contributed by atoms with Gasteiger partial charge >= 0.3 is 6.18 Å². The Labute approximate surface area is 79.7 Å². The Hall–Kier alpha value is -1.19. The number of hydrogen-bond donors (Lipinski definition) is 1. The minimum Gasteiger partial charge on any atom is -0.399 e. The Morgan fingerprint density at radius 3 is 2.36 bits per heavy atom. The van der Waals surface area contributed by atoms with E-state index in [2.05, 4.69) is 0 Å². The summed E-state index contributed by atoms with van der Waals surface area (Å²) < 4.78 is 37.7. The molecule has 0 bridgehead atoms. The zero-order valence-electron chi connectivity index (χ0n) is 7.43. The molecule has 14 heavy (non-hydrogen) atoms. The molecular formula is C10H10F3N. The maximum Gasteiger partial charge on any atom is 0.416 e. The van der Waals surface area contributed by atoms with Gasteiger partial charge in [-0.15, -0.1) is 0 Å². The van der Waals surface area contributed by atoms with Crippen LogP contribution in [-0.2, 0) is 6.18 Å². The van der Waals surface area contributed by atoms with Crippen molar-refractivity contribution < 1.29 is 13.2 Å². The van der Waals surface area contributed by atoms with E-state index < -0.39 is 11.7 Å². The summed E-state index contributed by atoms with van der Waals surface area (Å²) in [7, 11) is 0. The molecule has 0 amide bonds. The molecule has 1 aliphatic rings. The van der Waals surface area contributed by atoms with Crippen LogP contribution in [0.5, 0.6) is 0 Å². The summed E-state index contributed by atoms with van der Waals surface area (Å²) in [5.74, 6) is 0.0900. The van der Waals surface area contributed by atoms with E-state index in [9.17, 15) is 13.2 Å². The quantitative estimate of drug-likeness (QED) is 0.694. The molecule has 0 aromatic heterocycles. The fourth-order valence-corrected chi connectivity index (χ4v) is 1.57. The summed E-state index contributed by atoms with van der Waals surface area (Å²) in [6.45, 7) is 0. The lowest BCUT2D eigenvalue weighted by atomic mass is 10.0. The van der Waals surface area contributed by atoms with Gasteiger partial charge in [-0.2, -0.15) is 13.2 Å². The minimum atomic E-state index is -4.28. The number of nitrogens with two attached hydrogens (primary N) is 1. The Morgan fingerprint density at radius 1 is 1.21 bits per heavy atom. The van der Waals surface area contributed by atoms with Gasteiger partial charge < -0.3 is 5.73 Å². The number of anilines is 1. The van der Waals surface area contributed by atoms with Crippen molar-refractivity contribution in [3.63, 3.8) is 0 Å². The summed E-state index contributed by atoms with van der Waals surface area (Å²) in [5.41, 5.74) is 5.34. The molecule has 1 aromatic rings. The third-order valence-electron chi connectivity index (χ3n) is 2.40. The van der Waals surface area contributed by atoms with Crippen molar-refractivity contribution in [1.82, 2.24) is 0 Å². The van der Waals surface area contributed by atoms with Crippen molar-refractivity contribution in [1.29, 1.82) is 0 Å². The van der Waals surface area contributed by atoms with Crippen LogP contribution < -0.4 is 5.73 Å². The molecule has 4 heteroatoms. The van der Waals surface area contributed by atoms with Crippen molar-refractivity contribution in [2.75, 3.05) is 5.73 Å². The van der Waals surface area contributed by atoms with E-state index in [1.54, 1.807) is 0 Å². The van der Waals surface area contributed by atoms with Gasteiger partial charge in [0.2, 0.25) is 0 Å². The molecule has 1 aliphatic carbocycles. The zero-order chi connectivity index (χ0) is 10.3. The standard InChI is InChI=1S/C10H10F3N/c11-10(12,13)9-5-7(14)3-4-8(9)6-1-2-6/h3-6H,1-2,14H2. The number of hydrogen-bond acceptors (Lipinski definition) is 1. The van der Waals surface area contributed by atoms with E-state index in [1.807, 2.05) is 0 Å². The summed E-state index contributed by atoms with van der Waals surface area (Å²) in [5, 5.41) is 0. The highest BCUT2D eigenvalue weighted by molar-refractivity contribution is 5.48. The summed E-state index contributed by atoms with van der Waals surface area (Å²) in [6.07, 6.45) is -2.58. The van der Waals surface area contributed by atoms with Gasteiger partial charge in [-0.3, -0.25) is 0 Å². The average molecular weight is 201 g/mol. The van der Waals surface area contributed by atoms with E-state index >= 15 is 0 Å². The van der Waals surface area contributed by atoms with Gasteiger partial charge in [0.1, 0.15) is 0 Å². The summed E-state index contributed by atoms with van der Waals surface area (Å²) >= 11 is 0. The summed E-state index contributed by atoms with van der Waals surface area (Å²) in [4.78, 5) is 0. The molecule has 1 nitrogen and oxygen atoms in total. The Kier molecular flexibility index (Phi) is 1.94. The van der Waals surface area contributed by atoms with Crippen molar-refractivity contribution >= 4 is 5.69 Å². The Morgan fingerprint density at radius 2 is 1.86 bits per heavy atom. The van der Waals surface area contributed by atoms with Gasteiger partial charge in [-0.05, 0) is 36.5 Å². The monoisotopic (exact) mass is 201 g/mol. The van der Waals surface area contributed by atoms with Crippen molar-refractivity contribution in [3.8, 4) is 0 Å². The van der Waals surface area contributed by atoms with Crippen LogP contribution in [0.1, 0.15) is 29.9 Å². The van der Waals surface area contributed by atoms with E-state index in [4.69, 9.17) is 5.73 Å². The number of rotatable bonds is 1. The van der Waals surface area contributed by atoms with Gasteiger partial charge in [-0.1, -0.05) is 6.07 Å².